The number of ether oxygens (including phenoxy) is 1. The van der Waals surface area contributed by atoms with Gasteiger partial charge in [0.1, 0.15) is 23.7 Å². The van der Waals surface area contributed by atoms with Crippen LogP contribution in [0, 0.1) is 0 Å². The quantitative estimate of drug-likeness (QED) is 0.821. The van der Waals surface area contributed by atoms with Crippen molar-refractivity contribution in [1.29, 1.82) is 0 Å². The van der Waals surface area contributed by atoms with E-state index in [0.717, 1.165) is 16.7 Å². The van der Waals surface area contributed by atoms with Crippen LogP contribution in [-0.2, 0) is 6.61 Å². The minimum Gasteiger partial charge on any atom is -0.507 e. The topological polar surface area (TPSA) is 66.8 Å². The average molecular weight is 346 g/mol. The van der Waals surface area contributed by atoms with Gasteiger partial charge in [-0.05, 0) is 28.8 Å². The number of rotatable bonds is 5. The van der Waals surface area contributed by atoms with Crippen molar-refractivity contribution < 1.29 is 19.7 Å². The van der Waals surface area contributed by atoms with Crippen molar-refractivity contribution in [3.8, 4) is 11.5 Å². The summed E-state index contributed by atoms with van der Waals surface area (Å²) in [6.45, 7) is 0.323. The monoisotopic (exact) mass is 346 g/mol. The smallest absolute Gasteiger partial charge is 0.339 e. The standard InChI is InChI=1S/C22H18O4/c23-21-14-19(12-13-20(21)22(24)25)26-15-16-8-10-18(11-9-16)17-6-4-2-1-3-5-7-17/h1-14,23H,15H2,(H,24,25)/b2-1-,3-1?,4-2?,5-3-,6-4-,7-5?,17-6?,17-7+. The molecule has 0 spiro atoms. The molecule has 2 aromatic rings. The summed E-state index contributed by atoms with van der Waals surface area (Å²) in [5.41, 5.74) is 3.05. The Hall–Kier alpha value is -3.53. The lowest BCUT2D eigenvalue weighted by atomic mass is 10.0. The SMILES string of the molecule is O=C(O)c1ccc(OCc2ccc(C3=C/C=C\C=C/C=C\3)cc2)cc1O. The Kier molecular flexibility index (Phi) is 5.34. The van der Waals surface area contributed by atoms with Crippen LogP contribution in [0.2, 0.25) is 0 Å². The third-order valence-corrected chi connectivity index (χ3v) is 3.89. The van der Waals surface area contributed by atoms with Gasteiger partial charge >= 0.3 is 5.97 Å². The highest BCUT2D eigenvalue weighted by Crippen LogP contribution is 2.24. The van der Waals surface area contributed by atoms with Gasteiger partial charge in [-0.3, -0.25) is 0 Å². The summed E-state index contributed by atoms with van der Waals surface area (Å²) in [6, 6.07) is 12.2. The normalized spacial score (nSPS) is 18.7. The highest BCUT2D eigenvalue weighted by Gasteiger charge is 2.10. The van der Waals surface area contributed by atoms with Crippen LogP contribution < -0.4 is 4.74 Å². The summed E-state index contributed by atoms with van der Waals surface area (Å²) < 4.78 is 5.63. The zero-order chi connectivity index (χ0) is 18.4. The summed E-state index contributed by atoms with van der Waals surface area (Å²) in [6.07, 6.45) is 14.0. The molecule has 1 aliphatic rings. The van der Waals surface area contributed by atoms with E-state index in [1.165, 1.54) is 18.2 Å². The lowest BCUT2D eigenvalue weighted by Crippen LogP contribution is -1.99. The van der Waals surface area contributed by atoms with Crippen molar-refractivity contribution in [1.82, 2.24) is 0 Å². The van der Waals surface area contributed by atoms with Crippen molar-refractivity contribution >= 4 is 11.5 Å². The number of carboxylic acid groups (broad SMARTS) is 1. The van der Waals surface area contributed by atoms with Crippen molar-refractivity contribution in [3.05, 3.63) is 102 Å². The van der Waals surface area contributed by atoms with Gasteiger partial charge in [0.15, 0.2) is 0 Å². The highest BCUT2D eigenvalue weighted by atomic mass is 16.5. The average Bonchev–Trinajstić information content (AvgIpc) is 2.60. The molecule has 0 aliphatic heterocycles. The molecule has 0 aromatic heterocycles. The van der Waals surface area contributed by atoms with E-state index in [4.69, 9.17) is 9.84 Å². The van der Waals surface area contributed by atoms with Crippen LogP contribution in [0.15, 0.2) is 85.0 Å². The maximum absolute atomic E-state index is 10.9. The van der Waals surface area contributed by atoms with Gasteiger partial charge in [-0.1, -0.05) is 66.8 Å². The third kappa shape index (κ3) is 4.30. The molecule has 4 nitrogen and oxygen atoms in total. The van der Waals surface area contributed by atoms with Crippen molar-refractivity contribution in [3.63, 3.8) is 0 Å². The summed E-state index contributed by atoms with van der Waals surface area (Å²) in [5.74, 6) is -1.07. The molecule has 2 aromatic carbocycles. The molecule has 4 heteroatoms. The number of hydrogen-bond donors (Lipinski definition) is 2. The number of allylic oxidation sites excluding steroid dienone is 8. The van der Waals surface area contributed by atoms with Crippen LogP contribution >= 0.6 is 0 Å². The number of hydrogen-bond acceptors (Lipinski definition) is 3. The Morgan fingerprint density at radius 2 is 1.65 bits per heavy atom. The third-order valence-electron chi connectivity index (χ3n) is 3.89. The lowest BCUT2D eigenvalue weighted by molar-refractivity contribution is 0.0693. The second-order valence-electron chi connectivity index (χ2n) is 5.72. The van der Waals surface area contributed by atoms with Crippen molar-refractivity contribution in [2.45, 2.75) is 6.61 Å². The zero-order valence-corrected chi connectivity index (χ0v) is 14.0. The van der Waals surface area contributed by atoms with Gasteiger partial charge < -0.3 is 14.9 Å². The molecule has 0 saturated heterocycles. The molecule has 1 aliphatic carbocycles. The lowest BCUT2D eigenvalue weighted by Gasteiger charge is -2.09. The largest absolute Gasteiger partial charge is 0.507 e. The Morgan fingerprint density at radius 3 is 2.38 bits per heavy atom. The molecule has 0 radical (unpaired) electrons. The van der Waals surface area contributed by atoms with Gasteiger partial charge in [0.2, 0.25) is 0 Å². The molecule has 0 amide bonds. The first kappa shape index (κ1) is 17.3. The Labute approximate surface area is 151 Å². The van der Waals surface area contributed by atoms with E-state index in [2.05, 4.69) is 12.2 Å². The Balaban J connectivity index is 1.66. The van der Waals surface area contributed by atoms with E-state index in [9.17, 15) is 9.90 Å². The Bertz CT molecular complexity index is 916. The molecule has 0 fully saturated rings. The zero-order valence-electron chi connectivity index (χ0n) is 14.0. The molecule has 0 heterocycles. The molecular formula is C22H18O4. The molecule has 0 bridgehead atoms. The molecule has 0 atom stereocenters. The minimum atomic E-state index is -1.17. The van der Waals surface area contributed by atoms with Gasteiger partial charge in [-0.2, -0.15) is 0 Å². The first-order valence-corrected chi connectivity index (χ1v) is 8.13. The van der Waals surface area contributed by atoms with Gasteiger partial charge in [-0.25, -0.2) is 4.79 Å². The van der Waals surface area contributed by atoms with Crippen molar-refractivity contribution in [2.24, 2.45) is 0 Å². The van der Waals surface area contributed by atoms with Crippen LogP contribution in [0.25, 0.3) is 5.57 Å². The summed E-state index contributed by atoms with van der Waals surface area (Å²) in [5, 5.41) is 18.6. The van der Waals surface area contributed by atoms with Crippen molar-refractivity contribution in [2.75, 3.05) is 0 Å². The fourth-order valence-electron chi connectivity index (χ4n) is 2.50. The Morgan fingerprint density at radius 1 is 0.923 bits per heavy atom. The number of carbonyl (C=O) groups is 1. The number of aromatic hydroxyl groups is 1. The molecule has 130 valence electrons. The van der Waals surface area contributed by atoms with Crippen LogP contribution in [0.5, 0.6) is 11.5 Å². The first-order chi connectivity index (χ1) is 12.6. The second-order valence-corrected chi connectivity index (χ2v) is 5.72. The van der Waals surface area contributed by atoms with E-state index in [0.29, 0.717) is 12.4 Å². The first-order valence-electron chi connectivity index (χ1n) is 8.13. The molecule has 26 heavy (non-hydrogen) atoms. The van der Waals surface area contributed by atoms with Gasteiger partial charge in [0.05, 0.1) is 0 Å². The maximum atomic E-state index is 10.9. The van der Waals surface area contributed by atoms with E-state index >= 15 is 0 Å². The van der Waals surface area contributed by atoms with Crippen LogP contribution in [0.4, 0.5) is 0 Å². The van der Waals surface area contributed by atoms with Gasteiger partial charge in [0, 0.05) is 6.07 Å². The van der Waals surface area contributed by atoms with Crippen LogP contribution in [0.1, 0.15) is 21.5 Å². The van der Waals surface area contributed by atoms with Crippen LogP contribution in [0.3, 0.4) is 0 Å². The summed E-state index contributed by atoms with van der Waals surface area (Å²) in [7, 11) is 0. The number of benzene rings is 2. The molecule has 0 unspecified atom stereocenters. The van der Waals surface area contributed by atoms with E-state index in [1.54, 1.807) is 0 Å². The predicted octanol–water partition coefficient (Wildman–Crippen LogP) is 4.74. The van der Waals surface area contributed by atoms with E-state index in [1.807, 2.05) is 54.6 Å². The highest BCUT2D eigenvalue weighted by molar-refractivity contribution is 5.90. The maximum Gasteiger partial charge on any atom is 0.339 e. The van der Waals surface area contributed by atoms with E-state index < -0.39 is 5.97 Å². The fourth-order valence-corrected chi connectivity index (χ4v) is 2.50. The second kappa shape index (κ2) is 8.03. The van der Waals surface area contributed by atoms with Gasteiger partial charge in [-0.15, -0.1) is 0 Å². The summed E-state index contributed by atoms with van der Waals surface area (Å²) in [4.78, 5) is 10.9. The van der Waals surface area contributed by atoms with Gasteiger partial charge in [0.25, 0.3) is 0 Å². The molecule has 3 rings (SSSR count). The van der Waals surface area contributed by atoms with Crippen LogP contribution in [-0.4, -0.2) is 16.2 Å². The number of carboxylic acids is 1. The molecule has 0 saturated carbocycles. The van der Waals surface area contributed by atoms with E-state index in [-0.39, 0.29) is 11.3 Å². The molecular weight excluding hydrogens is 328 g/mol. The minimum absolute atomic E-state index is 0.147. The summed E-state index contributed by atoms with van der Waals surface area (Å²) >= 11 is 0. The predicted molar refractivity (Wildman–Crippen MR) is 101 cm³/mol. The molecule has 2 N–H and O–H groups in total. The fraction of sp³-hybridized carbons (Fsp3) is 0.0455. The number of phenols is 1. The number of aromatic carboxylic acids is 1.